The Morgan fingerprint density at radius 3 is 2.56 bits per heavy atom. The number of carbonyl (C=O) groups excluding carboxylic acids is 1. The average molecular weight is 359 g/mol. The lowest BCUT2D eigenvalue weighted by Crippen LogP contribution is -2.23. The van der Waals surface area contributed by atoms with Crippen molar-refractivity contribution in [3.05, 3.63) is 35.2 Å². The monoisotopic (exact) mass is 359 g/mol. The van der Waals surface area contributed by atoms with Crippen LogP contribution in [0.1, 0.15) is 62.0 Å². The van der Waals surface area contributed by atoms with Gasteiger partial charge in [0, 0.05) is 11.6 Å². The summed E-state index contributed by atoms with van der Waals surface area (Å²) in [6, 6.07) is 5.98. The van der Waals surface area contributed by atoms with Crippen molar-refractivity contribution in [3.8, 4) is 0 Å². The van der Waals surface area contributed by atoms with Crippen molar-refractivity contribution in [3.63, 3.8) is 0 Å². The molecule has 1 aliphatic carbocycles. The van der Waals surface area contributed by atoms with E-state index in [1.54, 1.807) is 0 Å². The lowest BCUT2D eigenvalue weighted by molar-refractivity contribution is -0.115. The van der Waals surface area contributed by atoms with E-state index in [1.165, 1.54) is 31.0 Å². The van der Waals surface area contributed by atoms with Gasteiger partial charge in [0.2, 0.25) is 11.8 Å². The second-order valence-electron chi connectivity index (χ2n) is 6.76. The second kappa shape index (κ2) is 8.04. The third-order valence-corrected chi connectivity index (χ3v) is 5.69. The quantitative estimate of drug-likeness (QED) is 0.773. The molecule has 6 heteroatoms. The molecule has 25 heavy (non-hydrogen) atoms. The predicted molar refractivity (Wildman–Crippen MR) is 100.0 cm³/mol. The summed E-state index contributed by atoms with van der Waals surface area (Å²) in [5.41, 5.74) is 3.00. The molecule has 1 amide bonds. The van der Waals surface area contributed by atoms with Crippen LogP contribution in [0.3, 0.4) is 0 Å². The van der Waals surface area contributed by atoms with Crippen molar-refractivity contribution < 1.29 is 9.21 Å². The van der Waals surface area contributed by atoms with Crippen LogP contribution in [0.4, 0.5) is 5.69 Å². The smallest absolute Gasteiger partial charge is 0.277 e. The lowest BCUT2D eigenvalue weighted by Gasteiger charge is -2.17. The predicted octanol–water partition coefficient (Wildman–Crippen LogP) is 4.85. The van der Waals surface area contributed by atoms with Crippen LogP contribution in [0.2, 0.25) is 0 Å². The van der Waals surface area contributed by atoms with E-state index < -0.39 is 0 Å². The minimum absolute atomic E-state index is 0.0557. The van der Waals surface area contributed by atoms with Crippen molar-refractivity contribution in [1.82, 2.24) is 10.2 Å². The number of rotatable bonds is 5. The van der Waals surface area contributed by atoms with Crippen molar-refractivity contribution in [1.29, 1.82) is 0 Å². The molecule has 1 aromatic heterocycles. The molecule has 1 fully saturated rings. The Hall–Kier alpha value is -1.82. The van der Waals surface area contributed by atoms with Gasteiger partial charge in [-0.05, 0) is 44.7 Å². The zero-order valence-electron chi connectivity index (χ0n) is 15.0. The number of carbonyl (C=O) groups is 1. The van der Waals surface area contributed by atoms with Gasteiger partial charge in [-0.2, -0.15) is 0 Å². The molecule has 0 unspecified atom stereocenters. The molecule has 1 N–H and O–H groups in total. The summed E-state index contributed by atoms with van der Waals surface area (Å²) in [5.74, 6) is 1.05. The van der Waals surface area contributed by atoms with Crippen LogP contribution in [-0.2, 0) is 4.79 Å². The number of aromatic nitrogens is 2. The summed E-state index contributed by atoms with van der Waals surface area (Å²) in [4.78, 5) is 12.5. The maximum Gasteiger partial charge on any atom is 0.277 e. The number of para-hydroxylation sites is 1. The van der Waals surface area contributed by atoms with Crippen LogP contribution in [0.15, 0.2) is 27.8 Å². The largest absolute Gasteiger partial charge is 0.416 e. The SMILES string of the molecule is Cc1cccc(C)c1NC(=O)[C@@H](C)Sc1nnc(C2CCCCC2)o1. The molecular formula is C19H25N3O2S. The molecule has 0 bridgehead atoms. The topological polar surface area (TPSA) is 68.0 Å². The molecule has 134 valence electrons. The summed E-state index contributed by atoms with van der Waals surface area (Å²) in [6.07, 6.45) is 5.99. The van der Waals surface area contributed by atoms with E-state index in [4.69, 9.17) is 4.42 Å². The van der Waals surface area contributed by atoms with Gasteiger partial charge >= 0.3 is 0 Å². The number of benzene rings is 1. The maximum absolute atomic E-state index is 12.5. The number of anilines is 1. The third kappa shape index (κ3) is 4.42. The van der Waals surface area contributed by atoms with Crippen molar-refractivity contribution in [2.45, 2.75) is 69.3 Å². The number of nitrogens with one attached hydrogen (secondary N) is 1. The summed E-state index contributed by atoms with van der Waals surface area (Å²) < 4.78 is 5.80. The summed E-state index contributed by atoms with van der Waals surface area (Å²) >= 11 is 1.32. The van der Waals surface area contributed by atoms with E-state index in [1.807, 2.05) is 39.0 Å². The molecule has 3 rings (SSSR count). The third-order valence-electron chi connectivity index (χ3n) is 4.75. The van der Waals surface area contributed by atoms with Gasteiger partial charge in [0.05, 0.1) is 5.25 Å². The number of nitrogens with zero attached hydrogens (tertiary/aromatic N) is 2. The van der Waals surface area contributed by atoms with Crippen LogP contribution >= 0.6 is 11.8 Å². The van der Waals surface area contributed by atoms with E-state index in [9.17, 15) is 4.79 Å². The van der Waals surface area contributed by atoms with E-state index in [2.05, 4.69) is 15.5 Å². The van der Waals surface area contributed by atoms with Crippen LogP contribution in [0, 0.1) is 13.8 Å². The van der Waals surface area contributed by atoms with E-state index >= 15 is 0 Å². The van der Waals surface area contributed by atoms with E-state index in [0.717, 1.165) is 35.5 Å². The Kier molecular flexibility index (Phi) is 5.78. The number of amides is 1. The van der Waals surface area contributed by atoms with Gasteiger partial charge in [0.15, 0.2) is 0 Å². The molecule has 1 aliphatic rings. The zero-order chi connectivity index (χ0) is 17.8. The first kappa shape index (κ1) is 18.0. The van der Waals surface area contributed by atoms with Crippen LogP contribution in [0.25, 0.3) is 0 Å². The summed E-state index contributed by atoms with van der Waals surface area (Å²) in [5, 5.41) is 11.5. The standard InChI is InChI=1S/C19H25N3O2S/c1-12-8-7-9-13(2)16(12)20-17(23)14(3)25-19-22-21-18(24-19)15-10-5-4-6-11-15/h7-9,14-15H,4-6,10-11H2,1-3H3,(H,20,23)/t14-/m1/s1. The van der Waals surface area contributed by atoms with Gasteiger partial charge in [0.25, 0.3) is 5.22 Å². The molecule has 1 atom stereocenters. The van der Waals surface area contributed by atoms with Gasteiger partial charge in [0.1, 0.15) is 0 Å². The maximum atomic E-state index is 12.5. The van der Waals surface area contributed by atoms with Gasteiger partial charge in [-0.3, -0.25) is 4.79 Å². The minimum atomic E-state index is -0.307. The Labute approximate surface area is 153 Å². The normalized spacial score (nSPS) is 16.6. The first-order valence-electron chi connectivity index (χ1n) is 8.91. The summed E-state index contributed by atoms with van der Waals surface area (Å²) in [6.45, 7) is 5.85. The molecule has 0 spiro atoms. The Morgan fingerprint density at radius 2 is 1.88 bits per heavy atom. The fourth-order valence-electron chi connectivity index (χ4n) is 3.22. The van der Waals surface area contributed by atoms with Gasteiger partial charge in [-0.15, -0.1) is 10.2 Å². The van der Waals surface area contributed by atoms with Gasteiger partial charge in [-0.1, -0.05) is 49.2 Å². The highest BCUT2D eigenvalue weighted by molar-refractivity contribution is 8.00. The highest BCUT2D eigenvalue weighted by Crippen LogP contribution is 2.33. The molecule has 1 saturated carbocycles. The zero-order valence-corrected chi connectivity index (χ0v) is 15.9. The average Bonchev–Trinajstić information content (AvgIpc) is 3.07. The number of aryl methyl sites for hydroxylation is 2. The Morgan fingerprint density at radius 1 is 1.20 bits per heavy atom. The Balaban J connectivity index is 1.61. The highest BCUT2D eigenvalue weighted by atomic mass is 32.2. The minimum Gasteiger partial charge on any atom is -0.416 e. The summed E-state index contributed by atoms with van der Waals surface area (Å²) in [7, 11) is 0. The van der Waals surface area contributed by atoms with Gasteiger partial charge < -0.3 is 9.73 Å². The molecule has 0 saturated heterocycles. The first-order valence-corrected chi connectivity index (χ1v) is 9.79. The molecule has 2 aromatic rings. The molecule has 1 aromatic carbocycles. The van der Waals surface area contributed by atoms with E-state index in [0.29, 0.717) is 11.1 Å². The van der Waals surface area contributed by atoms with Crippen molar-refractivity contribution >= 4 is 23.4 Å². The van der Waals surface area contributed by atoms with Crippen LogP contribution < -0.4 is 5.32 Å². The molecule has 0 aliphatic heterocycles. The van der Waals surface area contributed by atoms with Crippen molar-refractivity contribution in [2.75, 3.05) is 5.32 Å². The molecule has 0 radical (unpaired) electrons. The van der Waals surface area contributed by atoms with E-state index in [-0.39, 0.29) is 11.2 Å². The van der Waals surface area contributed by atoms with Crippen molar-refractivity contribution in [2.24, 2.45) is 0 Å². The van der Waals surface area contributed by atoms with Crippen LogP contribution in [0.5, 0.6) is 0 Å². The fourth-order valence-corrected chi connectivity index (χ4v) is 3.91. The first-order chi connectivity index (χ1) is 12.0. The molecule has 5 nitrogen and oxygen atoms in total. The second-order valence-corrected chi connectivity index (χ2v) is 8.05. The molecular weight excluding hydrogens is 334 g/mol. The number of hydrogen-bond acceptors (Lipinski definition) is 5. The number of hydrogen-bond donors (Lipinski definition) is 1. The van der Waals surface area contributed by atoms with Crippen LogP contribution in [-0.4, -0.2) is 21.4 Å². The highest BCUT2D eigenvalue weighted by Gasteiger charge is 2.24. The Bertz CT molecular complexity index is 718. The fraction of sp³-hybridized carbons (Fsp3) is 0.526. The number of thioether (sulfide) groups is 1. The lowest BCUT2D eigenvalue weighted by atomic mass is 9.89. The molecule has 1 heterocycles. The van der Waals surface area contributed by atoms with Gasteiger partial charge in [-0.25, -0.2) is 0 Å².